The smallest absolute Gasteiger partial charge is 0.128 e. The van der Waals surface area contributed by atoms with Gasteiger partial charge in [0.15, 0.2) is 0 Å². The minimum absolute atomic E-state index is 0.154. The predicted molar refractivity (Wildman–Crippen MR) is 117 cm³/mol. The molecular weight excluding hydrogens is 342 g/mol. The Hall–Kier alpha value is -2.35. The molecule has 28 heavy (non-hydrogen) atoms. The predicted octanol–water partition coefficient (Wildman–Crippen LogP) is 7.45. The van der Waals surface area contributed by atoms with E-state index >= 15 is 0 Å². The highest BCUT2D eigenvalue weighted by Crippen LogP contribution is 2.32. The largest absolute Gasteiger partial charge is 0.457 e. The van der Waals surface area contributed by atoms with Crippen molar-refractivity contribution in [1.82, 2.24) is 4.98 Å². The summed E-state index contributed by atoms with van der Waals surface area (Å²) >= 11 is 0. The molecule has 0 bridgehead atoms. The van der Waals surface area contributed by atoms with Crippen molar-refractivity contribution in [3.05, 3.63) is 66.0 Å². The van der Waals surface area contributed by atoms with E-state index in [4.69, 9.17) is 9.72 Å². The monoisotopic (exact) mass is 373 g/mol. The van der Waals surface area contributed by atoms with Gasteiger partial charge in [0.1, 0.15) is 11.5 Å². The van der Waals surface area contributed by atoms with Crippen molar-refractivity contribution in [3.8, 4) is 11.5 Å². The van der Waals surface area contributed by atoms with E-state index in [9.17, 15) is 0 Å². The first-order valence-corrected chi connectivity index (χ1v) is 10.6. The van der Waals surface area contributed by atoms with Gasteiger partial charge in [-0.3, -0.25) is 4.98 Å². The maximum Gasteiger partial charge on any atom is 0.128 e. The van der Waals surface area contributed by atoms with Crippen LogP contribution in [0.1, 0.15) is 64.1 Å². The number of aromatic nitrogens is 1. The van der Waals surface area contributed by atoms with Crippen LogP contribution >= 0.6 is 0 Å². The fraction of sp³-hybridized carbons (Fsp3) is 0.423. The number of fused-ring (bicyclic) bond motifs is 1. The summed E-state index contributed by atoms with van der Waals surface area (Å²) in [5, 5.41) is 2.47. The SMILES string of the molecule is CC(C)(C)c1ccc(Oc2ccc3ccnc(CCC4CCCC4)c3c2)cc1. The van der Waals surface area contributed by atoms with E-state index in [1.165, 1.54) is 54.1 Å². The van der Waals surface area contributed by atoms with Crippen LogP contribution in [0.5, 0.6) is 11.5 Å². The summed E-state index contributed by atoms with van der Waals surface area (Å²) in [5.74, 6) is 2.65. The van der Waals surface area contributed by atoms with Gasteiger partial charge in [-0.25, -0.2) is 0 Å². The van der Waals surface area contributed by atoms with E-state index in [1.54, 1.807) is 0 Å². The summed E-state index contributed by atoms with van der Waals surface area (Å²) < 4.78 is 6.16. The molecule has 0 spiro atoms. The highest BCUT2D eigenvalue weighted by atomic mass is 16.5. The maximum absolute atomic E-state index is 6.16. The zero-order valence-electron chi connectivity index (χ0n) is 17.4. The van der Waals surface area contributed by atoms with Crippen molar-refractivity contribution in [2.75, 3.05) is 0 Å². The Bertz CT molecular complexity index is 931. The van der Waals surface area contributed by atoms with Crippen LogP contribution in [-0.2, 0) is 11.8 Å². The summed E-state index contributed by atoms with van der Waals surface area (Å²) in [6.07, 6.45) is 9.85. The lowest BCUT2D eigenvalue weighted by Crippen LogP contribution is -2.10. The van der Waals surface area contributed by atoms with Crippen molar-refractivity contribution in [1.29, 1.82) is 0 Å². The van der Waals surface area contributed by atoms with Crippen LogP contribution in [0.25, 0.3) is 10.8 Å². The Morgan fingerprint density at radius 1 is 0.929 bits per heavy atom. The lowest BCUT2D eigenvalue weighted by Gasteiger charge is -2.19. The zero-order chi connectivity index (χ0) is 19.6. The van der Waals surface area contributed by atoms with E-state index < -0.39 is 0 Å². The molecule has 0 saturated heterocycles. The normalized spacial score (nSPS) is 15.2. The average Bonchev–Trinajstić information content (AvgIpc) is 3.20. The Morgan fingerprint density at radius 3 is 2.36 bits per heavy atom. The van der Waals surface area contributed by atoms with Crippen molar-refractivity contribution >= 4 is 10.8 Å². The van der Waals surface area contributed by atoms with Crippen molar-refractivity contribution < 1.29 is 4.74 Å². The highest BCUT2D eigenvalue weighted by molar-refractivity contribution is 5.85. The lowest BCUT2D eigenvalue weighted by molar-refractivity contribution is 0.482. The summed E-state index contributed by atoms with van der Waals surface area (Å²) in [5.41, 5.74) is 2.68. The molecular formula is C26H31NO. The molecule has 1 fully saturated rings. The first-order valence-electron chi connectivity index (χ1n) is 10.6. The molecule has 3 aromatic rings. The maximum atomic E-state index is 6.16. The van der Waals surface area contributed by atoms with E-state index in [0.29, 0.717) is 0 Å². The van der Waals surface area contributed by atoms with Gasteiger partial charge in [-0.15, -0.1) is 0 Å². The third-order valence-corrected chi connectivity index (χ3v) is 6.04. The molecule has 1 saturated carbocycles. The quantitative estimate of drug-likeness (QED) is 0.463. The fourth-order valence-corrected chi connectivity index (χ4v) is 4.27. The Labute approximate surface area is 169 Å². The lowest BCUT2D eigenvalue weighted by atomic mass is 9.87. The summed E-state index contributed by atoms with van der Waals surface area (Å²) in [7, 11) is 0. The molecule has 1 aliphatic rings. The molecule has 2 nitrogen and oxygen atoms in total. The van der Waals surface area contributed by atoms with Crippen LogP contribution in [0.3, 0.4) is 0 Å². The van der Waals surface area contributed by atoms with Crippen LogP contribution in [0.15, 0.2) is 54.7 Å². The first-order chi connectivity index (χ1) is 13.5. The zero-order valence-corrected chi connectivity index (χ0v) is 17.4. The standard InChI is InChI=1S/C26H31NO/c1-26(2,3)21-10-13-22(14-11-21)28-23-12-9-20-16-17-27-25(24(20)18-23)15-8-19-6-4-5-7-19/h9-14,16-19H,4-8,15H2,1-3H3. The second-order valence-electron chi connectivity index (χ2n) is 9.21. The number of hydrogen-bond donors (Lipinski definition) is 0. The third-order valence-electron chi connectivity index (χ3n) is 6.04. The van der Waals surface area contributed by atoms with Gasteiger partial charge in [0.2, 0.25) is 0 Å². The number of hydrogen-bond acceptors (Lipinski definition) is 2. The molecule has 1 aromatic heterocycles. The summed E-state index contributed by atoms with van der Waals surface area (Å²) in [6.45, 7) is 6.69. The Kier molecular flexibility index (Phi) is 5.39. The number of nitrogens with zero attached hydrogens (tertiary/aromatic N) is 1. The first kappa shape index (κ1) is 19.0. The molecule has 0 amide bonds. The number of pyridine rings is 1. The number of aryl methyl sites for hydroxylation is 1. The van der Waals surface area contributed by atoms with E-state index in [1.807, 2.05) is 6.20 Å². The Morgan fingerprint density at radius 2 is 1.64 bits per heavy atom. The molecule has 0 unspecified atom stereocenters. The molecule has 1 aliphatic carbocycles. The fourth-order valence-electron chi connectivity index (χ4n) is 4.27. The van der Waals surface area contributed by atoms with Crippen molar-refractivity contribution in [2.45, 2.75) is 64.7 Å². The molecule has 4 rings (SSSR count). The van der Waals surface area contributed by atoms with E-state index in [2.05, 4.69) is 69.3 Å². The molecule has 0 atom stereocenters. The minimum Gasteiger partial charge on any atom is -0.457 e. The second-order valence-corrected chi connectivity index (χ2v) is 9.21. The van der Waals surface area contributed by atoms with Gasteiger partial charge >= 0.3 is 0 Å². The van der Waals surface area contributed by atoms with Crippen molar-refractivity contribution in [3.63, 3.8) is 0 Å². The van der Waals surface area contributed by atoms with Gasteiger partial charge in [0.25, 0.3) is 0 Å². The van der Waals surface area contributed by atoms with Gasteiger partial charge in [-0.05, 0) is 65.5 Å². The molecule has 146 valence electrons. The van der Waals surface area contributed by atoms with Gasteiger partial charge in [0.05, 0.1) is 0 Å². The van der Waals surface area contributed by atoms with Gasteiger partial charge in [-0.2, -0.15) is 0 Å². The third kappa shape index (κ3) is 4.38. The second kappa shape index (κ2) is 7.95. The van der Waals surface area contributed by atoms with Crippen LogP contribution in [0.2, 0.25) is 0 Å². The molecule has 0 N–H and O–H groups in total. The highest BCUT2D eigenvalue weighted by Gasteiger charge is 2.16. The topological polar surface area (TPSA) is 22.1 Å². The van der Waals surface area contributed by atoms with Crippen LogP contribution in [0.4, 0.5) is 0 Å². The van der Waals surface area contributed by atoms with Crippen molar-refractivity contribution in [2.24, 2.45) is 5.92 Å². The number of rotatable bonds is 5. The van der Waals surface area contributed by atoms with Gasteiger partial charge in [0, 0.05) is 17.3 Å². The molecule has 0 radical (unpaired) electrons. The summed E-state index contributed by atoms with van der Waals surface area (Å²) in [6, 6.07) is 16.9. The Balaban J connectivity index is 1.53. The minimum atomic E-state index is 0.154. The van der Waals surface area contributed by atoms with Gasteiger partial charge < -0.3 is 4.74 Å². The number of benzene rings is 2. The molecule has 2 aromatic carbocycles. The van der Waals surface area contributed by atoms with Crippen LogP contribution in [0, 0.1) is 5.92 Å². The average molecular weight is 374 g/mol. The van der Waals surface area contributed by atoms with E-state index in [-0.39, 0.29) is 5.41 Å². The number of ether oxygens (including phenoxy) is 1. The van der Waals surface area contributed by atoms with E-state index in [0.717, 1.165) is 23.8 Å². The van der Waals surface area contributed by atoms with Gasteiger partial charge in [-0.1, -0.05) is 64.7 Å². The summed E-state index contributed by atoms with van der Waals surface area (Å²) in [4.78, 5) is 4.70. The molecule has 1 heterocycles. The molecule has 2 heteroatoms. The molecule has 0 aliphatic heterocycles. The van der Waals surface area contributed by atoms with Crippen LogP contribution in [-0.4, -0.2) is 4.98 Å². The van der Waals surface area contributed by atoms with Crippen LogP contribution < -0.4 is 4.74 Å².